The number of nitrogens with zero attached hydrogens (tertiary/aromatic N) is 3. The van der Waals surface area contributed by atoms with E-state index in [0.717, 1.165) is 36.7 Å². The van der Waals surface area contributed by atoms with E-state index < -0.39 is 18.3 Å². The first-order valence-electron chi connectivity index (χ1n) is 8.77. The maximum absolute atomic E-state index is 6.32. The van der Waals surface area contributed by atoms with E-state index in [1.807, 2.05) is 35.9 Å². The first-order chi connectivity index (χ1) is 12.6. The van der Waals surface area contributed by atoms with Crippen molar-refractivity contribution < 1.29 is 9.31 Å². The molecule has 1 aliphatic heterocycles. The summed E-state index contributed by atoms with van der Waals surface area (Å²) in [5, 5.41) is 8.83. The van der Waals surface area contributed by atoms with Gasteiger partial charge in [0.2, 0.25) is 0 Å². The molecule has 0 N–H and O–H groups in total. The number of fused-ring (bicyclic) bond motifs is 1. The molecule has 0 unspecified atom stereocenters. The highest BCUT2D eigenvalue weighted by Gasteiger charge is 2.52. The lowest BCUT2D eigenvalue weighted by Crippen LogP contribution is -2.41. The second kappa shape index (κ2) is 6.41. The fraction of sp³-hybridized carbons (Fsp3) is 0.368. The van der Waals surface area contributed by atoms with Gasteiger partial charge in [0.25, 0.3) is 0 Å². The molecule has 2 aromatic carbocycles. The molecule has 140 valence electrons. The van der Waals surface area contributed by atoms with E-state index in [4.69, 9.17) is 9.31 Å². The van der Waals surface area contributed by atoms with Gasteiger partial charge in [-0.1, -0.05) is 17.3 Å². The highest BCUT2D eigenvalue weighted by molar-refractivity contribution is 9.11. The normalized spacial score (nSPS) is 18.4. The van der Waals surface area contributed by atoms with Crippen molar-refractivity contribution in [2.45, 2.75) is 45.8 Å². The molecule has 1 aliphatic rings. The Kier molecular flexibility index (Phi) is 4.54. The molecule has 3 aromatic rings. The van der Waals surface area contributed by atoms with Gasteiger partial charge < -0.3 is 9.31 Å². The summed E-state index contributed by atoms with van der Waals surface area (Å²) in [6, 6.07) is 10.1. The van der Waals surface area contributed by atoms with E-state index in [9.17, 15) is 0 Å². The van der Waals surface area contributed by atoms with Gasteiger partial charge in [-0.25, -0.2) is 4.68 Å². The summed E-state index contributed by atoms with van der Waals surface area (Å²) in [6.07, 6.45) is 0. The van der Waals surface area contributed by atoms with Crippen LogP contribution in [0.15, 0.2) is 39.3 Å². The minimum Gasteiger partial charge on any atom is -0.399 e. The van der Waals surface area contributed by atoms with Gasteiger partial charge in [0, 0.05) is 14.4 Å². The number of aryl methyl sites for hydroxylation is 1. The first-order valence-corrected chi connectivity index (χ1v) is 10.4. The van der Waals surface area contributed by atoms with Crippen LogP contribution < -0.4 is 5.46 Å². The van der Waals surface area contributed by atoms with Gasteiger partial charge in [0.15, 0.2) is 0 Å². The van der Waals surface area contributed by atoms with Crippen molar-refractivity contribution in [1.82, 2.24) is 15.0 Å². The van der Waals surface area contributed by atoms with Crippen molar-refractivity contribution in [1.29, 1.82) is 0 Å². The predicted molar refractivity (Wildman–Crippen MR) is 115 cm³/mol. The summed E-state index contributed by atoms with van der Waals surface area (Å²) >= 11 is 7.26. The molecule has 0 saturated carbocycles. The van der Waals surface area contributed by atoms with Crippen molar-refractivity contribution in [2.75, 3.05) is 0 Å². The summed E-state index contributed by atoms with van der Waals surface area (Å²) in [4.78, 5) is 0. The molecule has 0 radical (unpaired) electrons. The number of halogens is 2. The molecular weight excluding hydrogens is 473 g/mol. The van der Waals surface area contributed by atoms with Crippen LogP contribution in [0.2, 0.25) is 0 Å². The van der Waals surface area contributed by atoms with Crippen molar-refractivity contribution in [2.24, 2.45) is 0 Å². The summed E-state index contributed by atoms with van der Waals surface area (Å²) in [5.74, 6) is 0. The molecule has 0 spiro atoms. The maximum Gasteiger partial charge on any atom is 0.497 e. The van der Waals surface area contributed by atoms with Gasteiger partial charge in [-0.2, -0.15) is 0 Å². The van der Waals surface area contributed by atoms with Crippen LogP contribution in [0.3, 0.4) is 0 Å². The number of hydrogen-bond donors (Lipinski definition) is 0. The number of hydrogen-bond acceptors (Lipinski definition) is 4. The number of aromatic nitrogens is 3. The van der Waals surface area contributed by atoms with Gasteiger partial charge in [0.1, 0.15) is 5.52 Å². The molecule has 0 bridgehead atoms. The van der Waals surface area contributed by atoms with Gasteiger partial charge in [-0.05, 0) is 90.2 Å². The topological polar surface area (TPSA) is 49.2 Å². The van der Waals surface area contributed by atoms with Crippen LogP contribution in [0.25, 0.3) is 16.7 Å². The average molecular weight is 493 g/mol. The van der Waals surface area contributed by atoms with Crippen molar-refractivity contribution in [3.63, 3.8) is 0 Å². The Labute approximate surface area is 175 Å². The summed E-state index contributed by atoms with van der Waals surface area (Å²) < 4.78 is 16.3. The van der Waals surface area contributed by atoms with Crippen molar-refractivity contribution in [3.8, 4) is 5.69 Å². The highest BCUT2D eigenvalue weighted by Crippen LogP contribution is 2.37. The molecular formula is C19H20BBr2N3O2. The zero-order valence-corrected chi connectivity index (χ0v) is 19.1. The van der Waals surface area contributed by atoms with E-state index in [-0.39, 0.29) is 0 Å². The molecule has 1 saturated heterocycles. The second-order valence-electron chi connectivity index (χ2n) is 7.88. The minimum atomic E-state index is -0.490. The zero-order valence-electron chi connectivity index (χ0n) is 15.9. The molecule has 5 nitrogen and oxygen atoms in total. The molecule has 0 amide bonds. The van der Waals surface area contributed by atoms with Gasteiger partial charge >= 0.3 is 7.12 Å². The second-order valence-corrected chi connectivity index (χ2v) is 9.59. The van der Waals surface area contributed by atoms with Crippen LogP contribution in [0, 0.1) is 6.92 Å². The first kappa shape index (κ1) is 19.1. The highest BCUT2D eigenvalue weighted by atomic mass is 79.9. The fourth-order valence-corrected chi connectivity index (χ4v) is 4.56. The van der Waals surface area contributed by atoms with Crippen LogP contribution in [-0.2, 0) is 9.31 Å². The Balaban J connectivity index is 1.96. The summed E-state index contributed by atoms with van der Waals surface area (Å²) in [5.41, 5.74) is 3.76. The van der Waals surface area contributed by atoms with E-state index in [0.29, 0.717) is 0 Å². The monoisotopic (exact) mass is 491 g/mol. The lowest BCUT2D eigenvalue weighted by molar-refractivity contribution is 0.00578. The number of benzene rings is 2. The third kappa shape index (κ3) is 3.07. The molecule has 8 heteroatoms. The predicted octanol–water partition coefficient (Wildman–Crippen LogP) is 4.55. The molecule has 1 fully saturated rings. The van der Waals surface area contributed by atoms with Crippen LogP contribution in [0.4, 0.5) is 0 Å². The van der Waals surface area contributed by atoms with Crippen molar-refractivity contribution >= 4 is 55.5 Å². The molecule has 2 heterocycles. The summed E-state index contributed by atoms with van der Waals surface area (Å²) in [7, 11) is -0.490. The van der Waals surface area contributed by atoms with E-state index in [1.165, 1.54) is 0 Å². The van der Waals surface area contributed by atoms with Crippen LogP contribution in [-0.4, -0.2) is 33.3 Å². The Morgan fingerprint density at radius 1 is 1.00 bits per heavy atom. The van der Waals surface area contributed by atoms with Gasteiger partial charge in [-0.15, -0.1) is 5.10 Å². The van der Waals surface area contributed by atoms with E-state index in [2.05, 4.69) is 75.9 Å². The molecule has 4 rings (SSSR count). The standard InChI is InChI=1S/C19H20BBr2N3O2/c1-11-9-12(20-26-18(2,3)19(4,5)27-20)16-15(10-11)23-24-25(16)17-13(21)7-6-8-14(17)22/h6-10H,1-5H3. The molecule has 1 aromatic heterocycles. The van der Waals surface area contributed by atoms with E-state index in [1.54, 1.807) is 0 Å². The van der Waals surface area contributed by atoms with Crippen LogP contribution in [0.1, 0.15) is 33.3 Å². The molecule has 0 atom stereocenters. The SMILES string of the molecule is Cc1cc(B2OC(C)(C)C(C)(C)O2)c2c(c1)nnn2-c1c(Br)cccc1Br. The van der Waals surface area contributed by atoms with Crippen LogP contribution >= 0.6 is 31.9 Å². The maximum atomic E-state index is 6.32. The Hall–Kier alpha value is -1.22. The quantitative estimate of drug-likeness (QED) is 0.492. The van der Waals surface area contributed by atoms with Gasteiger partial charge in [0.05, 0.1) is 22.4 Å². The lowest BCUT2D eigenvalue weighted by atomic mass is 9.77. The van der Waals surface area contributed by atoms with Crippen LogP contribution in [0.5, 0.6) is 0 Å². The minimum absolute atomic E-state index is 0.417. The fourth-order valence-electron chi connectivity index (χ4n) is 3.23. The number of para-hydroxylation sites is 1. The Bertz CT molecular complexity index is 1010. The largest absolute Gasteiger partial charge is 0.497 e. The molecule has 27 heavy (non-hydrogen) atoms. The van der Waals surface area contributed by atoms with Gasteiger partial charge in [-0.3, -0.25) is 0 Å². The molecule has 0 aliphatic carbocycles. The third-order valence-electron chi connectivity index (χ3n) is 5.37. The zero-order chi connectivity index (χ0) is 19.6. The third-order valence-corrected chi connectivity index (χ3v) is 6.65. The number of rotatable bonds is 2. The Morgan fingerprint density at radius 2 is 1.59 bits per heavy atom. The van der Waals surface area contributed by atoms with Crippen molar-refractivity contribution in [3.05, 3.63) is 44.8 Å². The Morgan fingerprint density at radius 3 is 2.19 bits per heavy atom. The average Bonchev–Trinajstić information content (AvgIpc) is 3.05. The smallest absolute Gasteiger partial charge is 0.399 e. The van der Waals surface area contributed by atoms with E-state index >= 15 is 0 Å². The summed E-state index contributed by atoms with van der Waals surface area (Å²) in [6.45, 7) is 10.3. The lowest BCUT2D eigenvalue weighted by Gasteiger charge is -2.32.